The number of nitrogens with zero attached hydrogens (tertiary/aromatic N) is 1. The molecule has 0 aliphatic heterocycles. The molecule has 0 unspecified atom stereocenters. The smallest absolute Gasteiger partial charge is 0.121 e. The van der Waals surface area contributed by atoms with E-state index in [2.05, 4.69) is 11.1 Å². The van der Waals surface area contributed by atoms with Crippen molar-refractivity contribution in [2.24, 2.45) is 0 Å². The van der Waals surface area contributed by atoms with Crippen LogP contribution in [0.4, 0.5) is 0 Å². The van der Waals surface area contributed by atoms with E-state index in [0.29, 0.717) is 16.1 Å². The Kier molecular flexibility index (Phi) is 3.17. The average molecular weight is 218 g/mol. The van der Waals surface area contributed by atoms with Gasteiger partial charge in [0.15, 0.2) is 0 Å². The van der Waals surface area contributed by atoms with Crippen molar-refractivity contribution in [1.29, 1.82) is 5.26 Å². The molecule has 1 N–H and O–H groups in total. The molecule has 1 fully saturated rings. The predicted molar refractivity (Wildman–Crippen MR) is 62.2 cm³/mol. The summed E-state index contributed by atoms with van der Waals surface area (Å²) < 4.78 is 0.584. The fourth-order valence-corrected chi connectivity index (χ4v) is 2.46. The number of hydrogen-bond donors (Lipinski definition) is 1. The van der Waals surface area contributed by atoms with E-state index in [0.717, 1.165) is 0 Å². The predicted octanol–water partition coefficient (Wildman–Crippen LogP) is 3.66. The van der Waals surface area contributed by atoms with Crippen LogP contribution in [0.5, 0.6) is 0 Å². The van der Waals surface area contributed by atoms with Crippen molar-refractivity contribution in [2.75, 3.05) is 0 Å². The standard InChI is InChI=1S/C12H14N2S/c13-8-10-6-7-11(14-12(10)15)9-4-2-1-3-5-9/h6-7,9H,1-5H2,(H,14,15). The maximum Gasteiger partial charge on any atom is 0.121 e. The molecule has 78 valence electrons. The summed E-state index contributed by atoms with van der Waals surface area (Å²) in [7, 11) is 0. The van der Waals surface area contributed by atoms with Crippen molar-refractivity contribution in [3.63, 3.8) is 0 Å². The lowest BCUT2D eigenvalue weighted by Crippen LogP contribution is -2.06. The first kappa shape index (κ1) is 10.4. The van der Waals surface area contributed by atoms with Crippen molar-refractivity contribution in [1.82, 2.24) is 4.98 Å². The van der Waals surface area contributed by atoms with Gasteiger partial charge in [-0.15, -0.1) is 0 Å². The molecular formula is C12H14N2S. The molecule has 1 aromatic rings. The maximum atomic E-state index is 8.78. The maximum absolute atomic E-state index is 8.78. The van der Waals surface area contributed by atoms with Crippen LogP contribution in [0.25, 0.3) is 0 Å². The molecule has 2 rings (SSSR count). The molecule has 0 atom stereocenters. The van der Waals surface area contributed by atoms with Gasteiger partial charge in [-0.3, -0.25) is 0 Å². The molecule has 15 heavy (non-hydrogen) atoms. The molecule has 0 spiro atoms. The SMILES string of the molecule is N#Cc1ccc(C2CCCCC2)[nH]c1=S. The number of hydrogen-bond acceptors (Lipinski definition) is 2. The molecule has 1 aliphatic carbocycles. The first-order valence-electron chi connectivity index (χ1n) is 5.44. The third-order valence-electron chi connectivity index (χ3n) is 3.10. The minimum atomic E-state index is 0.574. The fourth-order valence-electron chi connectivity index (χ4n) is 2.23. The largest absolute Gasteiger partial charge is 0.349 e. The highest BCUT2D eigenvalue weighted by Crippen LogP contribution is 2.31. The average Bonchev–Trinajstić information content (AvgIpc) is 2.30. The number of nitriles is 1. The van der Waals surface area contributed by atoms with E-state index in [1.54, 1.807) is 0 Å². The van der Waals surface area contributed by atoms with Gasteiger partial charge in [-0.2, -0.15) is 5.26 Å². The van der Waals surface area contributed by atoms with Crippen LogP contribution in [0.1, 0.15) is 49.3 Å². The number of nitrogens with one attached hydrogen (secondary N) is 1. The van der Waals surface area contributed by atoms with Crippen LogP contribution in [0, 0.1) is 16.0 Å². The summed E-state index contributed by atoms with van der Waals surface area (Å²) in [4.78, 5) is 3.19. The monoisotopic (exact) mass is 218 g/mol. The van der Waals surface area contributed by atoms with Gasteiger partial charge in [-0.1, -0.05) is 31.5 Å². The van der Waals surface area contributed by atoms with Crippen molar-refractivity contribution in [3.05, 3.63) is 28.0 Å². The molecule has 0 bridgehead atoms. The van der Waals surface area contributed by atoms with E-state index in [1.807, 2.05) is 12.1 Å². The zero-order valence-corrected chi connectivity index (χ0v) is 9.44. The van der Waals surface area contributed by atoms with E-state index >= 15 is 0 Å². The molecule has 3 heteroatoms. The van der Waals surface area contributed by atoms with Gasteiger partial charge in [0, 0.05) is 5.69 Å². The molecule has 0 saturated heterocycles. The Balaban J connectivity index is 2.26. The normalized spacial score (nSPS) is 17.3. The van der Waals surface area contributed by atoms with Crippen LogP contribution in [-0.4, -0.2) is 4.98 Å². The van der Waals surface area contributed by atoms with Crippen molar-refractivity contribution < 1.29 is 0 Å². The van der Waals surface area contributed by atoms with E-state index < -0.39 is 0 Å². The summed E-state index contributed by atoms with van der Waals surface area (Å²) in [5.74, 6) is 0.619. The van der Waals surface area contributed by atoms with Gasteiger partial charge in [-0.25, -0.2) is 0 Å². The van der Waals surface area contributed by atoms with Crippen LogP contribution >= 0.6 is 12.2 Å². The van der Waals surface area contributed by atoms with Crippen molar-refractivity contribution >= 4 is 12.2 Å². The Morgan fingerprint density at radius 1 is 1.27 bits per heavy atom. The summed E-state index contributed by atoms with van der Waals surface area (Å²) in [5.41, 5.74) is 1.78. The first-order chi connectivity index (χ1) is 7.31. The van der Waals surface area contributed by atoms with Gasteiger partial charge in [0.2, 0.25) is 0 Å². The lowest BCUT2D eigenvalue weighted by molar-refractivity contribution is 0.436. The van der Waals surface area contributed by atoms with E-state index in [1.165, 1.54) is 37.8 Å². The zero-order chi connectivity index (χ0) is 10.7. The lowest BCUT2D eigenvalue weighted by atomic mass is 9.86. The van der Waals surface area contributed by atoms with Gasteiger partial charge in [-0.05, 0) is 30.9 Å². The fraction of sp³-hybridized carbons (Fsp3) is 0.500. The molecule has 2 nitrogen and oxygen atoms in total. The van der Waals surface area contributed by atoms with Crippen molar-refractivity contribution in [3.8, 4) is 6.07 Å². The van der Waals surface area contributed by atoms with Crippen LogP contribution < -0.4 is 0 Å². The Labute approximate surface area is 95.0 Å². The lowest BCUT2D eigenvalue weighted by Gasteiger charge is -2.21. The number of rotatable bonds is 1. The highest BCUT2D eigenvalue weighted by molar-refractivity contribution is 7.71. The quantitative estimate of drug-likeness (QED) is 0.731. The number of pyridine rings is 1. The number of aromatic amines is 1. The topological polar surface area (TPSA) is 39.6 Å². The second-order valence-corrected chi connectivity index (χ2v) is 4.51. The molecule has 1 aromatic heterocycles. The van der Waals surface area contributed by atoms with E-state index in [-0.39, 0.29) is 0 Å². The molecule has 1 aliphatic rings. The van der Waals surface area contributed by atoms with Crippen LogP contribution in [0.3, 0.4) is 0 Å². The Hall–Kier alpha value is -1.14. The molecule has 0 amide bonds. The summed E-state index contributed by atoms with van der Waals surface area (Å²) in [6.07, 6.45) is 6.47. The summed E-state index contributed by atoms with van der Waals surface area (Å²) in [6.45, 7) is 0. The highest BCUT2D eigenvalue weighted by atomic mass is 32.1. The Morgan fingerprint density at radius 3 is 2.60 bits per heavy atom. The third kappa shape index (κ3) is 2.27. The van der Waals surface area contributed by atoms with Gasteiger partial charge in [0.25, 0.3) is 0 Å². The third-order valence-corrected chi connectivity index (χ3v) is 3.42. The van der Waals surface area contributed by atoms with Crippen molar-refractivity contribution in [2.45, 2.75) is 38.0 Å². The molecule has 0 radical (unpaired) electrons. The Bertz CT molecular complexity index is 436. The molecule has 1 heterocycles. The first-order valence-corrected chi connectivity index (χ1v) is 5.85. The highest BCUT2D eigenvalue weighted by Gasteiger charge is 2.15. The number of aromatic nitrogens is 1. The zero-order valence-electron chi connectivity index (χ0n) is 8.62. The summed E-state index contributed by atoms with van der Waals surface area (Å²) in [6, 6.07) is 5.94. The molecule has 0 aromatic carbocycles. The van der Waals surface area contributed by atoms with Gasteiger partial charge in [0.1, 0.15) is 10.7 Å². The van der Waals surface area contributed by atoms with Gasteiger partial charge in [0.05, 0.1) is 5.56 Å². The summed E-state index contributed by atoms with van der Waals surface area (Å²) >= 11 is 5.13. The van der Waals surface area contributed by atoms with Gasteiger partial charge >= 0.3 is 0 Å². The van der Waals surface area contributed by atoms with Crippen LogP contribution in [-0.2, 0) is 0 Å². The summed E-state index contributed by atoms with van der Waals surface area (Å²) in [5, 5.41) is 8.78. The number of H-pyrrole nitrogens is 1. The second-order valence-electron chi connectivity index (χ2n) is 4.10. The van der Waals surface area contributed by atoms with E-state index in [4.69, 9.17) is 17.5 Å². The van der Waals surface area contributed by atoms with Gasteiger partial charge < -0.3 is 4.98 Å². The second kappa shape index (κ2) is 4.59. The Morgan fingerprint density at radius 2 is 2.00 bits per heavy atom. The molecule has 1 saturated carbocycles. The minimum absolute atomic E-state index is 0.574. The van der Waals surface area contributed by atoms with Crippen LogP contribution in [0.2, 0.25) is 0 Å². The van der Waals surface area contributed by atoms with E-state index in [9.17, 15) is 0 Å². The molecular weight excluding hydrogens is 204 g/mol. The van der Waals surface area contributed by atoms with Crippen LogP contribution in [0.15, 0.2) is 12.1 Å². The minimum Gasteiger partial charge on any atom is -0.349 e.